The van der Waals surface area contributed by atoms with Crippen LogP contribution in [0.5, 0.6) is 0 Å². The van der Waals surface area contributed by atoms with Crippen molar-refractivity contribution in [2.24, 2.45) is 0 Å². The van der Waals surface area contributed by atoms with Crippen LogP contribution >= 0.6 is 11.8 Å². The number of benzene rings is 1. The van der Waals surface area contributed by atoms with Crippen LogP contribution in [0.25, 0.3) is 17.1 Å². The monoisotopic (exact) mass is 372 g/mol. The fourth-order valence-electron chi connectivity index (χ4n) is 2.29. The van der Waals surface area contributed by atoms with Gasteiger partial charge in [-0.25, -0.2) is 4.39 Å². The van der Waals surface area contributed by atoms with Gasteiger partial charge < -0.3 is 4.74 Å². The van der Waals surface area contributed by atoms with Crippen molar-refractivity contribution in [2.75, 3.05) is 5.75 Å². The average molecular weight is 372 g/mol. The van der Waals surface area contributed by atoms with E-state index in [0.717, 1.165) is 5.56 Å². The normalized spacial score (nSPS) is 10.9. The zero-order valence-electron chi connectivity index (χ0n) is 14.3. The van der Waals surface area contributed by atoms with E-state index in [0.29, 0.717) is 16.7 Å². The van der Waals surface area contributed by atoms with Crippen LogP contribution in [0.15, 0.2) is 53.9 Å². The van der Waals surface area contributed by atoms with Crippen molar-refractivity contribution in [3.05, 3.63) is 54.6 Å². The lowest BCUT2D eigenvalue weighted by molar-refractivity contribution is -0.144. The maximum atomic E-state index is 13.3. The Morgan fingerprint density at radius 1 is 1.23 bits per heavy atom. The third kappa shape index (κ3) is 4.26. The van der Waals surface area contributed by atoms with Crippen molar-refractivity contribution in [2.45, 2.75) is 25.1 Å². The van der Waals surface area contributed by atoms with Crippen molar-refractivity contribution in [1.29, 1.82) is 0 Å². The number of pyridine rings is 1. The summed E-state index contributed by atoms with van der Waals surface area (Å²) in [6.07, 6.45) is 3.16. The zero-order valence-corrected chi connectivity index (χ0v) is 15.1. The van der Waals surface area contributed by atoms with E-state index in [-0.39, 0.29) is 23.6 Å². The Bertz CT molecular complexity index is 882. The maximum absolute atomic E-state index is 13.3. The summed E-state index contributed by atoms with van der Waals surface area (Å²) in [5, 5.41) is 8.93. The van der Waals surface area contributed by atoms with Crippen molar-refractivity contribution in [3.8, 4) is 17.1 Å². The average Bonchev–Trinajstić information content (AvgIpc) is 3.05. The lowest BCUT2D eigenvalue weighted by Gasteiger charge is -2.11. The third-order valence-electron chi connectivity index (χ3n) is 3.32. The number of ether oxygens (including phenoxy) is 1. The van der Waals surface area contributed by atoms with Gasteiger partial charge in [0, 0.05) is 23.6 Å². The SMILES string of the molecule is CC(C)OC(=O)CSc1nnc(-c2cccnc2)n1-c1ccc(F)cc1. The van der Waals surface area contributed by atoms with Gasteiger partial charge in [0.05, 0.1) is 11.9 Å². The van der Waals surface area contributed by atoms with Crippen LogP contribution in [0.1, 0.15) is 13.8 Å². The molecule has 3 aromatic rings. The predicted octanol–water partition coefficient (Wildman–Crippen LogP) is 3.51. The molecule has 0 saturated carbocycles. The van der Waals surface area contributed by atoms with Gasteiger partial charge in [-0.3, -0.25) is 14.3 Å². The van der Waals surface area contributed by atoms with Crippen molar-refractivity contribution < 1.29 is 13.9 Å². The summed E-state index contributed by atoms with van der Waals surface area (Å²) in [6, 6.07) is 9.65. The lowest BCUT2D eigenvalue weighted by atomic mass is 10.2. The molecule has 0 saturated heterocycles. The molecule has 0 fully saturated rings. The molecule has 0 aliphatic heterocycles. The molecular formula is C18H17FN4O2S. The van der Waals surface area contributed by atoms with Crippen LogP contribution in [0.2, 0.25) is 0 Å². The summed E-state index contributed by atoms with van der Waals surface area (Å²) in [5.74, 6) is -0.00430. The quantitative estimate of drug-likeness (QED) is 0.487. The molecule has 0 atom stereocenters. The first-order chi connectivity index (χ1) is 12.5. The van der Waals surface area contributed by atoms with E-state index in [2.05, 4.69) is 15.2 Å². The largest absolute Gasteiger partial charge is 0.462 e. The number of thioether (sulfide) groups is 1. The molecule has 0 aliphatic rings. The van der Waals surface area contributed by atoms with E-state index in [4.69, 9.17) is 4.74 Å². The molecule has 8 heteroatoms. The Hall–Kier alpha value is -2.74. The topological polar surface area (TPSA) is 69.9 Å². The van der Waals surface area contributed by atoms with Gasteiger partial charge in [0.1, 0.15) is 5.82 Å². The summed E-state index contributed by atoms with van der Waals surface area (Å²) in [6.45, 7) is 3.59. The van der Waals surface area contributed by atoms with Gasteiger partial charge in [0.2, 0.25) is 0 Å². The Morgan fingerprint density at radius 3 is 2.65 bits per heavy atom. The smallest absolute Gasteiger partial charge is 0.316 e. The number of hydrogen-bond acceptors (Lipinski definition) is 6. The summed E-state index contributed by atoms with van der Waals surface area (Å²) in [7, 11) is 0. The third-order valence-corrected chi connectivity index (χ3v) is 4.23. The number of hydrogen-bond donors (Lipinski definition) is 0. The summed E-state index contributed by atoms with van der Waals surface area (Å²) in [5.41, 5.74) is 1.45. The second-order valence-electron chi connectivity index (χ2n) is 5.69. The van der Waals surface area contributed by atoms with E-state index in [1.807, 2.05) is 6.07 Å². The minimum absolute atomic E-state index is 0.102. The molecule has 0 bridgehead atoms. The molecule has 0 radical (unpaired) electrons. The van der Waals surface area contributed by atoms with Crippen LogP contribution < -0.4 is 0 Å². The van der Waals surface area contributed by atoms with Gasteiger partial charge in [-0.1, -0.05) is 11.8 Å². The molecule has 2 aromatic heterocycles. The van der Waals surface area contributed by atoms with Crippen LogP contribution in [0.4, 0.5) is 4.39 Å². The molecule has 26 heavy (non-hydrogen) atoms. The van der Waals surface area contributed by atoms with Crippen LogP contribution in [0.3, 0.4) is 0 Å². The van der Waals surface area contributed by atoms with E-state index in [1.165, 1.54) is 23.9 Å². The number of esters is 1. The highest BCUT2D eigenvalue weighted by atomic mass is 32.2. The molecule has 0 aliphatic carbocycles. The molecule has 134 valence electrons. The number of aromatic nitrogens is 4. The number of rotatable bonds is 6. The molecular weight excluding hydrogens is 355 g/mol. The van der Waals surface area contributed by atoms with Gasteiger partial charge in [0.25, 0.3) is 0 Å². The minimum Gasteiger partial charge on any atom is -0.462 e. The van der Waals surface area contributed by atoms with Crippen LogP contribution in [0, 0.1) is 5.82 Å². The highest BCUT2D eigenvalue weighted by Gasteiger charge is 2.18. The lowest BCUT2D eigenvalue weighted by Crippen LogP contribution is -2.13. The summed E-state index contributed by atoms with van der Waals surface area (Å²) in [4.78, 5) is 15.9. The number of carbonyl (C=O) groups excluding carboxylic acids is 1. The first-order valence-corrected chi connectivity index (χ1v) is 8.97. The summed E-state index contributed by atoms with van der Waals surface area (Å²) >= 11 is 1.21. The highest BCUT2D eigenvalue weighted by Crippen LogP contribution is 2.27. The standard InChI is InChI=1S/C18H17FN4O2S/c1-12(2)25-16(24)11-26-18-22-21-17(13-4-3-9-20-10-13)23(18)15-7-5-14(19)6-8-15/h3-10,12H,11H2,1-2H3. The van der Waals surface area contributed by atoms with E-state index in [9.17, 15) is 9.18 Å². The molecule has 3 rings (SSSR count). The first kappa shape index (κ1) is 18.1. The second kappa shape index (κ2) is 8.09. The van der Waals surface area contributed by atoms with Crippen molar-refractivity contribution >= 4 is 17.7 Å². The Morgan fingerprint density at radius 2 is 2.00 bits per heavy atom. The minimum atomic E-state index is -0.334. The van der Waals surface area contributed by atoms with Gasteiger partial charge in [0.15, 0.2) is 11.0 Å². The van der Waals surface area contributed by atoms with E-state index in [1.54, 1.807) is 49.0 Å². The molecule has 1 aromatic carbocycles. The summed E-state index contributed by atoms with van der Waals surface area (Å²) < 4.78 is 20.2. The Kier molecular flexibility index (Phi) is 5.62. The number of carbonyl (C=O) groups is 1. The first-order valence-electron chi connectivity index (χ1n) is 7.98. The number of halogens is 1. The Labute approximate surface area is 154 Å². The molecule has 2 heterocycles. The fraction of sp³-hybridized carbons (Fsp3) is 0.222. The molecule has 0 spiro atoms. The fourth-order valence-corrected chi connectivity index (χ4v) is 3.02. The van der Waals surface area contributed by atoms with Crippen molar-refractivity contribution in [1.82, 2.24) is 19.7 Å². The highest BCUT2D eigenvalue weighted by molar-refractivity contribution is 7.99. The van der Waals surface area contributed by atoms with Gasteiger partial charge in [-0.2, -0.15) is 0 Å². The predicted molar refractivity (Wildman–Crippen MR) is 96.5 cm³/mol. The molecule has 0 unspecified atom stereocenters. The maximum Gasteiger partial charge on any atom is 0.316 e. The van der Waals surface area contributed by atoms with E-state index >= 15 is 0 Å². The van der Waals surface area contributed by atoms with Gasteiger partial charge in [-0.15, -0.1) is 10.2 Å². The van der Waals surface area contributed by atoms with Gasteiger partial charge in [-0.05, 0) is 50.2 Å². The van der Waals surface area contributed by atoms with Gasteiger partial charge >= 0.3 is 5.97 Å². The van der Waals surface area contributed by atoms with Crippen molar-refractivity contribution in [3.63, 3.8) is 0 Å². The van der Waals surface area contributed by atoms with Crippen LogP contribution in [-0.2, 0) is 9.53 Å². The van der Waals surface area contributed by atoms with E-state index < -0.39 is 0 Å². The van der Waals surface area contributed by atoms with Crippen LogP contribution in [-0.4, -0.2) is 37.6 Å². The Balaban J connectivity index is 1.95. The number of nitrogens with zero attached hydrogens (tertiary/aromatic N) is 4. The molecule has 0 N–H and O–H groups in total. The zero-order chi connectivity index (χ0) is 18.5. The second-order valence-corrected chi connectivity index (χ2v) is 6.63. The molecule has 6 nitrogen and oxygen atoms in total. The molecule has 0 amide bonds.